The summed E-state index contributed by atoms with van der Waals surface area (Å²) >= 11 is 6.45. The van der Waals surface area contributed by atoms with Crippen molar-refractivity contribution in [2.24, 2.45) is 0 Å². The topological polar surface area (TPSA) is 59.6 Å². The minimum absolute atomic E-state index is 0.176. The third kappa shape index (κ3) is 7.48. The van der Waals surface area contributed by atoms with Gasteiger partial charge in [-0.3, -0.25) is 4.79 Å². The Bertz CT molecular complexity index is 1070. The van der Waals surface area contributed by atoms with Crippen LogP contribution in [0.25, 0.3) is 0 Å². The molecule has 0 unspecified atom stereocenters. The molecule has 3 rings (SSSR count). The number of halogens is 2. The number of carbonyl (C=O) groups excluding carboxylic acids is 1. The zero-order chi connectivity index (χ0) is 23.6. The van der Waals surface area contributed by atoms with Crippen LogP contribution in [0.3, 0.4) is 0 Å². The molecule has 0 heterocycles. The minimum Gasteiger partial charge on any atom is -0.490 e. The molecule has 7 heteroatoms. The fraction of sp³-hybridized carbons (Fsp3) is 0.269. The third-order valence-electron chi connectivity index (χ3n) is 4.95. The molecule has 1 amide bonds. The number of benzene rings is 3. The van der Waals surface area contributed by atoms with Crippen molar-refractivity contribution in [1.82, 2.24) is 5.32 Å². The van der Waals surface area contributed by atoms with Gasteiger partial charge in [0.25, 0.3) is 5.91 Å². The van der Waals surface area contributed by atoms with Gasteiger partial charge in [0, 0.05) is 23.3 Å². The maximum atomic E-state index is 13.7. The molecule has 33 heavy (non-hydrogen) atoms. The highest BCUT2D eigenvalue weighted by Crippen LogP contribution is 2.33. The van der Waals surface area contributed by atoms with Crippen LogP contribution in [0.5, 0.6) is 11.5 Å². The average molecular weight is 471 g/mol. The van der Waals surface area contributed by atoms with Crippen LogP contribution in [0.4, 0.5) is 10.1 Å². The van der Waals surface area contributed by atoms with Crippen LogP contribution in [-0.2, 0) is 17.8 Å². The summed E-state index contributed by atoms with van der Waals surface area (Å²) in [6.07, 6.45) is 0.569. The number of amides is 1. The molecule has 0 aliphatic rings. The molecule has 0 aliphatic heterocycles. The van der Waals surface area contributed by atoms with Gasteiger partial charge in [0.05, 0.1) is 6.61 Å². The number of anilines is 1. The fourth-order valence-electron chi connectivity index (χ4n) is 3.22. The van der Waals surface area contributed by atoms with Crippen molar-refractivity contribution in [3.8, 4) is 11.5 Å². The largest absolute Gasteiger partial charge is 0.490 e. The number of nitrogens with one attached hydrogen (secondary N) is 2. The lowest BCUT2D eigenvalue weighted by Gasteiger charge is -2.15. The summed E-state index contributed by atoms with van der Waals surface area (Å²) in [5.41, 5.74) is 3.31. The second-order valence-corrected chi connectivity index (χ2v) is 7.95. The van der Waals surface area contributed by atoms with Gasteiger partial charge in [-0.1, -0.05) is 47.5 Å². The lowest BCUT2D eigenvalue weighted by Crippen LogP contribution is -2.20. The average Bonchev–Trinajstić information content (AvgIpc) is 2.80. The van der Waals surface area contributed by atoms with Crippen LogP contribution >= 0.6 is 11.6 Å². The summed E-state index contributed by atoms with van der Waals surface area (Å²) < 4.78 is 25.1. The van der Waals surface area contributed by atoms with Gasteiger partial charge in [0.1, 0.15) is 5.82 Å². The third-order valence-corrected chi connectivity index (χ3v) is 5.30. The van der Waals surface area contributed by atoms with Crippen molar-refractivity contribution in [3.63, 3.8) is 0 Å². The van der Waals surface area contributed by atoms with Gasteiger partial charge >= 0.3 is 0 Å². The summed E-state index contributed by atoms with van der Waals surface area (Å²) in [6, 6.07) is 17.7. The number of hydrogen-bond donors (Lipinski definition) is 2. The van der Waals surface area contributed by atoms with Gasteiger partial charge in [-0.15, -0.1) is 0 Å². The summed E-state index contributed by atoms with van der Waals surface area (Å²) in [4.78, 5) is 12.3. The molecule has 174 valence electrons. The van der Waals surface area contributed by atoms with E-state index in [0.29, 0.717) is 53.9 Å². The van der Waals surface area contributed by atoms with Gasteiger partial charge in [-0.2, -0.15) is 0 Å². The van der Waals surface area contributed by atoms with Crippen LogP contribution in [0.15, 0.2) is 60.7 Å². The Morgan fingerprint density at radius 1 is 1.00 bits per heavy atom. The van der Waals surface area contributed by atoms with Crippen LogP contribution < -0.4 is 20.1 Å². The van der Waals surface area contributed by atoms with Crippen molar-refractivity contribution < 1.29 is 18.7 Å². The summed E-state index contributed by atoms with van der Waals surface area (Å²) in [5, 5.41) is 6.56. The van der Waals surface area contributed by atoms with E-state index in [-0.39, 0.29) is 18.3 Å². The Labute approximate surface area is 198 Å². The first-order chi connectivity index (χ1) is 16.0. The number of hydrogen-bond acceptors (Lipinski definition) is 4. The molecular weight excluding hydrogens is 443 g/mol. The van der Waals surface area contributed by atoms with Gasteiger partial charge < -0.3 is 20.1 Å². The van der Waals surface area contributed by atoms with E-state index in [0.717, 1.165) is 11.1 Å². The predicted molar refractivity (Wildman–Crippen MR) is 130 cm³/mol. The highest BCUT2D eigenvalue weighted by molar-refractivity contribution is 6.31. The lowest BCUT2D eigenvalue weighted by atomic mass is 10.1. The summed E-state index contributed by atoms with van der Waals surface area (Å²) in [5.74, 6) is 0.423. The molecule has 0 aromatic heterocycles. The van der Waals surface area contributed by atoms with Crippen molar-refractivity contribution in [1.29, 1.82) is 0 Å². The molecular formula is C26H28ClFN2O3. The minimum atomic E-state index is -0.281. The Hall–Kier alpha value is -3.09. The van der Waals surface area contributed by atoms with Gasteiger partial charge in [-0.25, -0.2) is 4.39 Å². The maximum Gasteiger partial charge on any atom is 0.262 e. The summed E-state index contributed by atoms with van der Waals surface area (Å²) in [6.45, 7) is 5.20. The number of rotatable bonds is 11. The summed E-state index contributed by atoms with van der Waals surface area (Å²) in [7, 11) is 0. The number of carbonyl (C=O) groups is 1. The molecule has 0 saturated heterocycles. The van der Waals surface area contributed by atoms with E-state index in [1.807, 2.05) is 44.2 Å². The van der Waals surface area contributed by atoms with E-state index in [4.69, 9.17) is 21.1 Å². The molecule has 3 aromatic carbocycles. The molecule has 0 saturated carbocycles. The number of aryl methyl sites for hydroxylation is 1. The Morgan fingerprint density at radius 2 is 1.73 bits per heavy atom. The molecule has 0 bridgehead atoms. The molecule has 0 atom stereocenters. The monoisotopic (exact) mass is 470 g/mol. The first kappa shape index (κ1) is 24.6. The molecule has 0 spiro atoms. The van der Waals surface area contributed by atoms with Crippen molar-refractivity contribution >= 4 is 23.2 Å². The molecule has 0 aliphatic carbocycles. The first-order valence-electron chi connectivity index (χ1n) is 10.8. The SMILES string of the molecule is CCOc1cc(CNCCc2ccccc2F)c(Cl)cc1OCC(=O)Nc1ccc(C)cc1. The van der Waals surface area contributed by atoms with Gasteiger partial charge in [0.15, 0.2) is 18.1 Å². The van der Waals surface area contributed by atoms with E-state index in [1.165, 1.54) is 6.07 Å². The number of ether oxygens (including phenoxy) is 2. The smallest absolute Gasteiger partial charge is 0.262 e. The normalized spacial score (nSPS) is 10.7. The van der Waals surface area contributed by atoms with Crippen molar-refractivity contribution in [3.05, 3.63) is 88.2 Å². The highest BCUT2D eigenvalue weighted by atomic mass is 35.5. The van der Waals surface area contributed by atoms with Crippen LogP contribution in [-0.4, -0.2) is 25.7 Å². The highest BCUT2D eigenvalue weighted by Gasteiger charge is 2.13. The van der Waals surface area contributed by atoms with E-state index in [2.05, 4.69) is 10.6 Å². The second-order valence-electron chi connectivity index (χ2n) is 7.54. The molecule has 2 N–H and O–H groups in total. The van der Waals surface area contributed by atoms with E-state index in [1.54, 1.807) is 24.3 Å². The molecule has 5 nitrogen and oxygen atoms in total. The second kappa shape index (κ2) is 12.2. The van der Waals surface area contributed by atoms with Gasteiger partial charge in [0.2, 0.25) is 0 Å². The van der Waals surface area contributed by atoms with Gasteiger partial charge in [-0.05, 0) is 62.2 Å². The Kier molecular flexibility index (Phi) is 9.10. The standard InChI is InChI=1S/C26H28ClFN2O3/c1-3-32-24-14-20(16-29-13-12-19-6-4-5-7-23(19)28)22(27)15-25(24)33-17-26(31)30-21-10-8-18(2)9-11-21/h4-11,14-15,29H,3,12-13,16-17H2,1-2H3,(H,30,31). The van der Waals surface area contributed by atoms with Crippen molar-refractivity contribution in [2.45, 2.75) is 26.8 Å². The Morgan fingerprint density at radius 3 is 2.45 bits per heavy atom. The van der Waals surface area contributed by atoms with Crippen LogP contribution in [0.1, 0.15) is 23.6 Å². The van der Waals surface area contributed by atoms with Crippen LogP contribution in [0, 0.1) is 12.7 Å². The van der Waals surface area contributed by atoms with E-state index < -0.39 is 0 Å². The molecule has 0 fully saturated rings. The van der Waals surface area contributed by atoms with E-state index >= 15 is 0 Å². The zero-order valence-electron chi connectivity index (χ0n) is 18.8. The first-order valence-corrected chi connectivity index (χ1v) is 11.2. The molecule has 3 aromatic rings. The molecule has 0 radical (unpaired) electrons. The predicted octanol–water partition coefficient (Wildman–Crippen LogP) is 5.54. The van der Waals surface area contributed by atoms with Crippen molar-refractivity contribution in [2.75, 3.05) is 25.1 Å². The van der Waals surface area contributed by atoms with E-state index in [9.17, 15) is 9.18 Å². The zero-order valence-corrected chi connectivity index (χ0v) is 19.5. The lowest BCUT2D eigenvalue weighted by molar-refractivity contribution is -0.118. The Balaban J connectivity index is 1.57. The fourth-order valence-corrected chi connectivity index (χ4v) is 3.44. The van der Waals surface area contributed by atoms with Crippen LogP contribution in [0.2, 0.25) is 5.02 Å². The maximum absolute atomic E-state index is 13.7. The quantitative estimate of drug-likeness (QED) is 0.361.